The van der Waals surface area contributed by atoms with E-state index in [1.165, 1.54) is 5.46 Å². The van der Waals surface area contributed by atoms with Crippen molar-refractivity contribution >= 4 is 25.3 Å². The number of fused-ring (bicyclic) bond motifs is 1. The summed E-state index contributed by atoms with van der Waals surface area (Å²) in [7, 11) is 0.245. The maximum Gasteiger partial charge on any atom is 0.491 e. The minimum atomic E-state index is -0.724. The molecule has 4 heteroatoms. The Morgan fingerprint density at radius 3 is 2.80 bits per heavy atom. The lowest BCUT2D eigenvalue weighted by molar-refractivity contribution is 0.275. The Balaban J connectivity index is 2.37. The Bertz CT molecular complexity index is 371. The van der Waals surface area contributed by atoms with E-state index >= 15 is 0 Å². The summed E-state index contributed by atoms with van der Waals surface area (Å²) in [6.45, 7) is 7.15. The number of hydrogen-bond donors (Lipinski definition) is 1. The van der Waals surface area contributed by atoms with Gasteiger partial charge in [0.25, 0.3) is 0 Å². The molecule has 0 spiro atoms. The maximum atomic E-state index is 9.74. The lowest BCUT2D eigenvalue weighted by atomic mass is 9.48. The molecule has 1 aromatic carbocycles. The van der Waals surface area contributed by atoms with Crippen LogP contribution in [0.2, 0.25) is 5.31 Å². The third-order valence-electron chi connectivity index (χ3n) is 2.65. The van der Waals surface area contributed by atoms with Gasteiger partial charge in [-0.15, -0.1) is 0 Å². The third-order valence-corrected chi connectivity index (χ3v) is 2.65. The van der Waals surface area contributed by atoms with Gasteiger partial charge in [-0.25, -0.2) is 0 Å². The van der Waals surface area contributed by atoms with Gasteiger partial charge in [-0.3, -0.25) is 0 Å². The van der Waals surface area contributed by atoms with Crippen LogP contribution in [0.15, 0.2) is 18.2 Å². The summed E-state index contributed by atoms with van der Waals surface area (Å²) in [6.07, 6.45) is 0. The summed E-state index contributed by atoms with van der Waals surface area (Å²) >= 11 is 0. The van der Waals surface area contributed by atoms with Crippen LogP contribution in [-0.2, 0) is 11.3 Å². The molecule has 0 amide bonds. The summed E-state index contributed by atoms with van der Waals surface area (Å²) in [4.78, 5) is 0. The number of rotatable bonds is 1. The second kappa shape index (κ2) is 3.69. The fourth-order valence-corrected chi connectivity index (χ4v) is 2.09. The predicted octanol–water partition coefficient (Wildman–Crippen LogP) is 0.184. The molecule has 0 aromatic heterocycles. The van der Waals surface area contributed by atoms with Gasteiger partial charge in [0.2, 0.25) is 0 Å². The highest BCUT2D eigenvalue weighted by Crippen LogP contribution is 2.20. The first kappa shape index (κ1) is 10.8. The molecule has 1 heterocycles. The molecular weight excluding hydrogens is 186 g/mol. The van der Waals surface area contributed by atoms with Gasteiger partial charge in [-0.2, -0.15) is 0 Å². The molecule has 0 fully saturated rings. The van der Waals surface area contributed by atoms with Crippen molar-refractivity contribution < 1.29 is 9.68 Å². The van der Waals surface area contributed by atoms with Gasteiger partial charge >= 0.3 is 7.12 Å². The summed E-state index contributed by atoms with van der Waals surface area (Å²) in [5.41, 5.74) is 3.33. The molecule has 0 atom stereocenters. The second-order valence-corrected chi connectivity index (χ2v) is 5.39. The summed E-state index contributed by atoms with van der Waals surface area (Å²) in [5, 5.41) is 9.97. The van der Waals surface area contributed by atoms with Crippen molar-refractivity contribution in [3.05, 3.63) is 23.8 Å². The third kappa shape index (κ3) is 2.27. The summed E-state index contributed by atoms with van der Waals surface area (Å²) in [6, 6.07) is 6.15. The highest BCUT2D eigenvalue weighted by atomic mass is 16.5. The molecule has 0 radical (unpaired) electrons. The number of hydrogen-bond acceptors (Lipinski definition) is 2. The molecule has 1 aliphatic rings. The fraction of sp³-hybridized carbons (Fsp3) is 0.455. The Hall–Kier alpha value is -0.730. The lowest BCUT2D eigenvalue weighted by Crippen LogP contribution is -2.44. The van der Waals surface area contributed by atoms with E-state index in [1.807, 2.05) is 12.1 Å². The second-order valence-electron chi connectivity index (χ2n) is 5.39. The van der Waals surface area contributed by atoms with Crippen LogP contribution in [0.5, 0.6) is 0 Å². The van der Waals surface area contributed by atoms with Crippen molar-refractivity contribution in [3.63, 3.8) is 0 Å². The van der Waals surface area contributed by atoms with Crippen LogP contribution in [0.4, 0.5) is 0 Å². The zero-order chi connectivity index (χ0) is 11.1. The molecule has 15 heavy (non-hydrogen) atoms. The first-order valence-electron chi connectivity index (χ1n) is 5.38. The molecule has 1 aromatic rings. The van der Waals surface area contributed by atoms with Crippen LogP contribution in [0, 0.1) is 0 Å². The topological polar surface area (TPSA) is 29.5 Å². The predicted molar refractivity (Wildman–Crippen MR) is 65.3 cm³/mol. The molecule has 0 bridgehead atoms. The van der Waals surface area contributed by atoms with Crippen molar-refractivity contribution in [2.75, 3.05) is 0 Å². The Morgan fingerprint density at radius 1 is 1.40 bits per heavy atom. The van der Waals surface area contributed by atoms with Gasteiger partial charge in [0, 0.05) is 0 Å². The molecule has 2 nitrogen and oxygen atoms in total. The van der Waals surface area contributed by atoms with Crippen LogP contribution in [0.3, 0.4) is 0 Å². The Labute approximate surface area is 92.0 Å². The van der Waals surface area contributed by atoms with Crippen LogP contribution in [0.1, 0.15) is 26.3 Å². The molecule has 0 saturated heterocycles. The number of benzene rings is 1. The molecule has 1 aliphatic heterocycles. The molecule has 0 unspecified atom stereocenters. The van der Waals surface area contributed by atoms with E-state index in [9.17, 15) is 5.02 Å². The highest BCUT2D eigenvalue weighted by Gasteiger charge is 2.31. The molecule has 0 saturated carbocycles. The monoisotopic (exact) mass is 202 g/mol. The minimum absolute atomic E-state index is 0.234. The van der Waals surface area contributed by atoms with E-state index in [0.29, 0.717) is 6.61 Å². The van der Waals surface area contributed by atoms with Crippen molar-refractivity contribution in [1.82, 2.24) is 0 Å². The van der Waals surface area contributed by atoms with Crippen LogP contribution in [0.25, 0.3) is 0 Å². The SMILES string of the molecule is CC(C)(C)Bc1cccc2c1B(O)OC2. The molecule has 78 valence electrons. The average Bonchev–Trinajstić information content (AvgIpc) is 2.46. The quantitative estimate of drug-likeness (QED) is 0.658. The fourth-order valence-electron chi connectivity index (χ4n) is 2.09. The van der Waals surface area contributed by atoms with E-state index in [4.69, 9.17) is 4.65 Å². The van der Waals surface area contributed by atoms with Gasteiger partial charge in [-0.1, -0.05) is 49.7 Å². The van der Waals surface area contributed by atoms with Crippen molar-refractivity contribution in [3.8, 4) is 0 Å². The van der Waals surface area contributed by atoms with Crippen LogP contribution in [-0.4, -0.2) is 19.4 Å². The van der Waals surface area contributed by atoms with E-state index < -0.39 is 7.12 Å². The van der Waals surface area contributed by atoms with E-state index in [2.05, 4.69) is 26.8 Å². The molecular formula is C11H16B2O2. The van der Waals surface area contributed by atoms with Crippen LogP contribution >= 0.6 is 0 Å². The van der Waals surface area contributed by atoms with E-state index in [1.54, 1.807) is 0 Å². The largest absolute Gasteiger partial charge is 0.491 e. The lowest BCUT2D eigenvalue weighted by Gasteiger charge is -2.18. The van der Waals surface area contributed by atoms with Gasteiger partial charge in [0.05, 0.1) is 6.61 Å². The van der Waals surface area contributed by atoms with Gasteiger partial charge < -0.3 is 9.68 Å². The smallest absolute Gasteiger partial charge is 0.423 e. The van der Waals surface area contributed by atoms with Crippen molar-refractivity contribution in [2.24, 2.45) is 0 Å². The first-order valence-corrected chi connectivity index (χ1v) is 5.38. The molecule has 0 aliphatic carbocycles. The highest BCUT2D eigenvalue weighted by molar-refractivity contribution is 6.72. The summed E-state index contributed by atoms with van der Waals surface area (Å²) in [5.74, 6) is 0. The minimum Gasteiger partial charge on any atom is -0.423 e. The van der Waals surface area contributed by atoms with E-state index in [0.717, 1.165) is 18.3 Å². The van der Waals surface area contributed by atoms with Crippen molar-refractivity contribution in [2.45, 2.75) is 32.7 Å². The van der Waals surface area contributed by atoms with Gasteiger partial charge in [-0.05, 0) is 11.0 Å². The zero-order valence-corrected chi connectivity index (χ0v) is 9.58. The molecule has 2 rings (SSSR count). The summed E-state index contributed by atoms with van der Waals surface area (Å²) < 4.78 is 5.23. The Kier molecular flexibility index (Phi) is 2.65. The van der Waals surface area contributed by atoms with Crippen molar-refractivity contribution in [1.29, 1.82) is 0 Å². The zero-order valence-electron chi connectivity index (χ0n) is 9.58. The average molecular weight is 202 g/mol. The standard InChI is InChI=1S/C11H16B2O2/c1-11(2,3)12-9-6-4-5-8-7-15-13(14)10(8)9/h4-6,12,14H,7H2,1-3H3. The normalized spacial score (nSPS) is 15.3. The molecule has 1 N–H and O–H groups in total. The van der Waals surface area contributed by atoms with Crippen LogP contribution < -0.4 is 10.9 Å². The van der Waals surface area contributed by atoms with E-state index in [-0.39, 0.29) is 5.31 Å². The van der Waals surface area contributed by atoms with Gasteiger partial charge in [0.1, 0.15) is 0 Å². The first-order chi connectivity index (χ1) is 6.97. The van der Waals surface area contributed by atoms with Gasteiger partial charge in [0.15, 0.2) is 7.28 Å². The maximum absolute atomic E-state index is 9.74. The Morgan fingerprint density at radius 2 is 2.13 bits per heavy atom.